The topological polar surface area (TPSA) is 71.1 Å². The number of ether oxygens (including phenoxy) is 1. The Balaban J connectivity index is 1.26. The van der Waals surface area contributed by atoms with Gasteiger partial charge in [-0.1, -0.05) is 60.7 Å². The lowest BCUT2D eigenvalue weighted by Gasteiger charge is -2.25. The fraction of sp³-hybridized carbons (Fsp3) is 0.0294. The number of H-pyrrole nitrogens is 1. The highest BCUT2D eigenvalue weighted by Crippen LogP contribution is 2.34. The smallest absolute Gasteiger partial charge is 0.259 e. The van der Waals surface area contributed by atoms with Gasteiger partial charge in [-0.2, -0.15) is 0 Å². The molecule has 0 radical (unpaired) electrons. The Hall–Kier alpha value is -5.49. The molecule has 0 aliphatic rings. The average molecular weight is 523 g/mol. The standard InChI is InChI=1S/C34H26N4O2/c1-40-29-18-19-31-30(23-29)34(39)37-33(36-31)32-22-25(20-21-35-32)13-12-24-14-16-28(17-15-24)38(26-8-4-2-5-9-26)27-10-6-3-7-11-27/h2-23H,1H3,(H,36,37,39). The predicted octanol–water partition coefficient (Wildman–Crippen LogP) is 7.63. The van der Waals surface area contributed by atoms with E-state index in [1.807, 2.05) is 54.6 Å². The van der Waals surface area contributed by atoms with Gasteiger partial charge in [0, 0.05) is 23.3 Å². The number of anilines is 3. The molecule has 0 amide bonds. The number of methoxy groups -OCH3 is 1. The SMILES string of the molecule is COc1ccc2nc(-c3cc(C=Cc4ccc(N(c5ccccc5)c5ccccc5)cc4)ccn3)[nH]c(=O)c2c1. The number of aromatic amines is 1. The minimum atomic E-state index is -0.234. The monoisotopic (exact) mass is 522 g/mol. The van der Waals surface area contributed by atoms with Crippen LogP contribution in [-0.2, 0) is 0 Å². The highest BCUT2D eigenvalue weighted by Gasteiger charge is 2.12. The van der Waals surface area contributed by atoms with E-state index in [4.69, 9.17) is 4.74 Å². The molecule has 0 bridgehead atoms. The molecule has 6 heteroatoms. The normalized spacial score (nSPS) is 11.1. The summed E-state index contributed by atoms with van der Waals surface area (Å²) in [7, 11) is 1.57. The van der Waals surface area contributed by atoms with Crippen LogP contribution < -0.4 is 15.2 Å². The van der Waals surface area contributed by atoms with Crippen molar-refractivity contribution in [3.63, 3.8) is 0 Å². The van der Waals surface area contributed by atoms with Gasteiger partial charge < -0.3 is 14.6 Å². The highest BCUT2D eigenvalue weighted by molar-refractivity contribution is 5.81. The van der Waals surface area contributed by atoms with Gasteiger partial charge in [-0.3, -0.25) is 9.78 Å². The molecule has 0 saturated carbocycles. The Morgan fingerprint density at radius 1 is 0.725 bits per heavy atom. The van der Waals surface area contributed by atoms with E-state index >= 15 is 0 Å². The molecule has 0 spiro atoms. The summed E-state index contributed by atoms with van der Waals surface area (Å²) in [6, 6.07) is 38.2. The largest absolute Gasteiger partial charge is 0.497 e. The second-order valence-electron chi connectivity index (χ2n) is 9.20. The molecule has 2 heterocycles. The lowest BCUT2D eigenvalue weighted by atomic mass is 10.1. The Kier molecular flexibility index (Phi) is 6.88. The van der Waals surface area contributed by atoms with E-state index < -0.39 is 0 Å². The summed E-state index contributed by atoms with van der Waals surface area (Å²) in [6.07, 6.45) is 5.80. The van der Waals surface area contributed by atoms with Crippen LogP contribution in [0.15, 0.2) is 126 Å². The molecule has 194 valence electrons. The van der Waals surface area contributed by atoms with Crippen molar-refractivity contribution in [2.45, 2.75) is 0 Å². The Bertz CT molecular complexity index is 1810. The van der Waals surface area contributed by atoms with Crippen molar-refractivity contribution in [1.82, 2.24) is 15.0 Å². The number of para-hydroxylation sites is 2. The minimum absolute atomic E-state index is 0.234. The van der Waals surface area contributed by atoms with Crippen molar-refractivity contribution in [3.8, 4) is 17.3 Å². The number of benzene rings is 4. The lowest BCUT2D eigenvalue weighted by molar-refractivity contribution is 0.415. The number of nitrogens with zero attached hydrogens (tertiary/aromatic N) is 3. The first-order valence-electron chi connectivity index (χ1n) is 12.9. The van der Waals surface area contributed by atoms with Crippen LogP contribution in [0.25, 0.3) is 34.6 Å². The molecule has 0 unspecified atom stereocenters. The molecule has 1 N–H and O–H groups in total. The van der Waals surface area contributed by atoms with Gasteiger partial charge in [-0.05, 0) is 77.9 Å². The number of hydrogen-bond donors (Lipinski definition) is 1. The zero-order chi connectivity index (χ0) is 27.3. The molecule has 40 heavy (non-hydrogen) atoms. The van der Waals surface area contributed by atoms with Gasteiger partial charge in [0.2, 0.25) is 0 Å². The van der Waals surface area contributed by atoms with Crippen molar-refractivity contribution in [3.05, 3.63) is 143 Å². The maximum atomic E-state index is 12.7. The fourth-order valence-electron chi connectivity index (χ4n) is 4.57. The van der Waals surface area contributed by atoms with E-state index in [1.165, 1.54) is 0 Å². The first-order valence-corrected chi connectivity index (χ1v) is 12.9. The maximum Gasteiger partial charge on any atom is 0.259 e. The molecule has 6 nitrogen and oxygen atoms in total. The van der Waals surface area contributed by atoms with Gasteiger partial charge >= 0.3 is 0 Å². The summed E-state index contributed by atoms with van der Waals surface area (Å²) >= 11 is 0. The predicted molar refractivity (Wildman–Crippen MR) is 162 cm³/mol. The third-order valence-corrected chi connectivity index (χ3v) is 6.59. The van der Waals surface area contributed by atoms with E-state index in [0.29, 0.717) is 28.2 Å². The summed E-state index contributed by atoms with van der Waals surface area (Å²) in [5.41, 5.74) is 6.22. The van der Waals surface area contributed by atoms with Crippen LogP contribution in [0.1, 0.15) is 11.1 Å². The number of nitrogens with one attached hydrogen (secondary N) is 1. The molecule has 0 saturated heterocycles. The highest BCUT2D eigenvalue weighted by atomic mass is 16.5. The number of hydrogen-bond acceptors (Lipinski definition) is 5. The summed E-state index contributed by atoms with van der Waals surface area (Å²) in [5.74, 6) is 1.03. The number of pyridine rings is 1. The molecule has 6 aromatic rings. The van der Waals surface area contributed by atoms with Crippen molar-refractivity contribution < 1.29 is 4.74 Å². The lowest BCUT2D eigenvalue weighted by Crippen LogP contribution is -2.10. The van der Waals surface area contributed by atoms with Crippen molar-refractivity contribution in [2.75, 3.05) is 12.0 Å². The van der Waals surface area contributed by atoms with E-state index in [1.54, 1.807) is 31.5 Å². The van der Waals surface area contributed by atoms with Gasteiger partial charge in [0.1, 0.15) is 11.4 Å². The quantitative estimate of drug-likeness (QED) is 0.233. The van der Waals surface area contributed by atoms with E-state index in [0.717, 1.165) is 28.2 Å². The van der Waals surface area contributed by atoms with Crippen molar-refractivity contribution in [2.24, 2.45) is 0 Å². The van der Waals surface area contributed by atoms with E-state index in [9.17, 15) is 4.79 Å². The molecule has 0 aliphatic heterocycles. The maximum absolute atomic E-state index is 12.7. The number of fused-ring (bicyclic) bond motifs is 1. The van der Waals surface area contributed by atoms with E-state index in [-0.39, 0.29) is 5.56 Å². The van der Waals surface area contributed by atoms with Crippen LogP contribution in [0.4, 0.5) is 17.1 Å². The van der Waals surface area contributed by atoms with Crippen LogP contribution in [0.3, 0.4) is 0 Å². The van der Waals surface area contributed by atoms with Crippen LogP contribution in [-0.4, -0.2) is 22.1 Å². The Morgan fingerprint density at radius 2 is 1.38 bits per heavy atom. The first kappa shape index (κ1) is 24.8. The van der Waals surface area contributed by atoms with Gasteiger partial charge in [-0.25, -0.2) is 4.98 Å². The molecule has 4 aromatic carbocycles. The molecule has 0 atom stereocenters. The Labute approximate surface area is 231 Å². The molecular formula is C34H26N4O2. The zero-order valence-electron chi connectivity index (χ0n) is 21.9. The zero-order valence-corrected chi connectivity index (χ0v) is 21.9. The fourth-order valence-corrected chi connectivity index (χ4v) is 4.57. The van der Waals surface area contributed by atoms with Crippen LogP contribution in [0.5, 0.6) is 5.75 Å². The summed E-state index contributed by atoms with van der Waals surface area (Å²) in [5, 5.41) is 0.473. The third-order valence-electron chi connectivity index (χ3n) is 6.59. The second kappa shape index (κ2) is 11.1. The molecule has 2 aromatic heterocycles. The van der Waals surface area contributed by atoms with Gasteiger partial charge in [0.25, 0.3) is 5.56 Å². The summed E-state index contributed by atoms with van der Waals surface area (Å²) in [4.78, 5) is 26.8. The number of aromatic nitrogens is 3. The second-order valence-corrected chi connectivity index (χ2v) is 9.20. The van der Waals surface area contributed by atoms with Gasteiger partial charge in [0.05, 0.1) is 18.0 Å². The van der Waals surface area contributed by atoms with Crippen molar-refractivity contribution in [1.29, 1.82) is 0 Å². The van der Waals surface area contributed by atoms with Crippen molar-refractivity contribution >= 4 is 40.1 Å². The average Bonchev–Trinajstić information content (AvgIpc) is 3.02. The third kappa shape index (κ3) is 5.24. The molecule has 0 fully saturated rings. The van der Waals surface area contributed by atoms with Gasteiger partial charge in [-0.15, -0.1) is 0 Å². The van der Waals surface area contributed by atoms with Crippen LogP contribution in [0.2, 0.25) is 0 Å². The summed E-state index contributed by atoms with van der Waals surface area (Å²) < 4.78 is 5.23. The molecular weight excluding hydrogens is 496 g/mol. The number of rotatable bonds is 7. The van der Waals surface area contributed by atoms with Crippen LogP contribution in [0, 0.1) is 0 Å². The van der Waals surface area contributed by atoms with E-state index in [2.05, 4.69) is 74.5 Å². The molecule has 6 rings (SSSR count). The van der Waals surface area contributed by atoms with Gasteiger partial charge in [0.15, 0.2) is 5.82 Å². The summed E-state index contributed by atoms with van der Waals surface area (Å²) in [6.45, 7) is 0. The van der Waals surface area contributed by atoms with Crippen LogP contribution >= 0.6 is 0 Å². The first-order chi connectivity index (χ1) is 19.7. The minimum Gasteiger partial charge on any atom is -0.497 e. The Morgan fingerprint density at radius 3 is 2.05 bits per heavy atom. The molecule has 0 aliphatic carbocycles.